The molecule has 2 rings (SSSR count). The Morgan fingerprint density at radius 2 is 2.05 bits per heavy atom. The van der Waals surface area contributed by atoms with Crippen LogP contribution in [0.5, 0.6) is 0 Å². The Morgan fingerprint density at radius 1 is 1.33 bits per heavy atom. The van der Waals surface area contributed by atoms with E-state index in [4.69, 9.17) is 15.0 Å². The number of aromatic nitrogens is 2. The smallest absolute Gasteiger partial charge is 0.243 e. The van der Waals surface area contributed by atoms with Gasteiger partial charge in [-0.1, -0.05) is 42.4 Å². The van der Waals surface area contributed by atoms with Gasteiger partial charge in [-0.05, 0) is 31.7 Å². The lowest BCUT2D eigenvalue weighted by molar-refractivity contribution is -0.0106. The number of methoxy groups -OCH3 is 1. The van der Waals surface area contributed by atoms with Crippen molar-refractivity contribution in [3.8, 4) is 0 Å². The molecule has 0 saturated heterocycles. The van der Waals surface area contributed by atoms with Gasteiger partial charge in [0.25, 0.3) is 0 Å². The zero-order chi connectivity index (χ0) is 15.3. The summed E-state index contributed by atoms with van der Waals surface area (Å²) < 4.78 is 10.8. The minimum absolute atomic E-state index is 0.260. The Hall–Kier alpha value is -1.72. The first kappa shape index (κ1) is 15.7. The number of ether oxygens (including phenoxy) is 1. The van der Waals surface area contributed by atoms with Gasteiger partial charge in [0, 0.05) is 7.11 Å². The highest BCUT2D eigenvalue weighted by Gasteiger charge is 2.30. The summed E-state index contributed by atoms with van der Waals surface area (Å²) in [5.41, 5.74) is 6.87. The molecule has 0 aliphatic carbocycles. The predicted molar refractivity (Wildman–Crippen MR) is 80.6 cm³/mol. The third-order valence-electron chi connectivity index (χ3n) is 3.94. The highest BCUT2D eigenvalue weighted by molar-refractivity contribution is 5.15. The van der Waals surface area contributed by atoms with E-state index in [2.05, 4.69) is 22.3 Å². The molecule has 21 heavy (non-hydrogen) atoms. The molecule has 0 bridgehead atoms. The van der Waals surface area contributed by atoms with Gasteiger partial charge in [-0.15, -0.1) is 0 Å². The van der Waals surface area contributed by atoms with Crippen LogP contribution < -0.4 is 5.73 Å². The van der Waals surface area contributed by atoms with Gasteiger partial charge < -0.3 is 15.0 Å². The number of hydrogen-bond acceptors (Lipinski definition) is 5. The average molecular weight is 289 g/mol. The van der Waals surface area contributed by atoms with Crippen molar-refractivity contribution in [1.82, 2.24) is 10.1 Å². The molecule has 0 aliphatic heterocycles. The van der Waals surface area contributed by atoms with E-state index >= 15 is 0 Å². The molecule has 0 fully saturated rings. The van der Waals surface area contributed by atoms with Gasteiger partial charge >= 0.3 is 0 Å². The fourth-order valence-corrected chi connectivity index (χ4v) is 2.08. The summed E-state index contributed by atoms with van der Waals surface area (Å²) in [6.07, 6.45) is 2.41. The van der Waals surface area contributed by atoms with E-state index in [1.54, 1.807) is 7.11 Å². The summed E-state index contributed by atoms with van der Waals surface area (Å²) in [6.45, 7) is 3.96. The van der Waals surface area contributed by atoms with Crippen LogP contribution in [0.4, 0.5) is 0 Å². The highest BCUT2D eigenvalue weighted by Crippen LogP contribution is 2.26. The standard InChI is InChI=1S/C16H23N3O2/c1-4-16(2,20-3)15-18-14(21-19-15)13(17)11-10-12-8-6-5-7-9-12/h5-9,13H,4,10-11,17H2,1-3H3/t13-,16?/m0/s1. The third kappa shape index (κ3) is 3.68. The second-order valence-electron chi connectivity index (χ2n) is 5.38. The number of nitrogens with zero attached hydrogens (tertiary/aromatic N) is 2. The highest BCUT2D eigenvalue weighted by atomic mass is 16.5. The molecule has 0 radical (unpaired) electrons. The molecule has 0 amide bonds. The van der Waals surface area contributed by atoms with Crippen molar-refractivity contribution in [2.75, 3.05) is 7.11 Å². The third-order valence-corrected chi connectivity index (χ3v) is 3.94. The van der Waals surface area contributed by atoms with Gasteiger partial charge in [-0.2, -0.15) is 4.98 Å². The molecule has 1 aromatic carbocycles. The Bertz CT molecular complexity index is 550. The fourth-order valence-electron chi connectivity index (χ4n) is 2.08. The second kappa shape index (κ2) is 6.83. The molecule has 2 aromatic rings. The SMILES string of the molecule is CCC(C)(OC)c1noc([C@@H](N)CCc2ccccc2)n1. The number of aryl methyl sites for hydroxylation is 1. The summed E-state index contributed by atoms with van der Waals surface area (Å²) >= 11 is 0. The van der Waals surface area contributed by atoms with Crippen molar-refractivity contribution in [3.63, 3.8) is 0 Å². The van der Waals surface area contributed by atoms with Crippen LogP contribution in [0.15, 0.2) is 34.9 Å². The van der Waals surface area contributed by atoms with Crippen molar-refractivity contribution in [2.45, 2.75) is 44.8 Å². The number of rotatable bonds is 7. The lowest BCUT2D eigenvalue weighted by Gasteiger charge is -2.21. The first-order chi connectivity index (χ1) is 10.1. The van der Waals surface area contributed by atoms with Gasteiger partial charge in [0.2, 0.25) is 11.7 Å². The van der Waals surface area contributed by atoms with E-state index in [-0.39, 0.29) is 6.04 Å². The topological polar surface area (TPSA) is 74.2 Å². The Kier molecular flexibility index (Phi) is 5.09. The zero-order valence-corrected chi connectivity index (χ0v) is 12.9. The van der Waals surface area contributed by atoms with E-state index in [9.17, 15) is 0 Å². The van der Waals surface area contributed by atoms with Crippen molar-refractivity contribution in [1.29, 1.82) is 0 Å². The van der Waals surface area contributed by atoms with E-state index in [0.717, 1.165) is 19.3 Å². The Morgan fingerprint density at radius 3 is 2.67 bits per heavy atom. The Labute approximate surface area is 125 Å². The molecule has 1 aromatic heterocycles. The molecular formula is C16H23N3O2. The van der Waals surface area contributed by atoms with Crippen molar-refractivity contribution < 1.29 is 9.26 Å². The van der Waals surface area contributed by atoms with Crippen LogP contribution in [0.1, 0.15) is 50.0 Å². The first-order valence-electron chi connectivity index (χ1n) is 7.28. The summed E-state index contributed by atoms with van der Waals surface area (Å²) in [7, 11) is 1.65. The fraction of sp³-hybridized carbons (Fsp3) is 0.500. The van der Waals surface area contributed by atoms with E-state index in [1.807, 2.05) is 32.0 Å². The summed E-state index contributed by atoms with van der Waals surface area (Å²) in [5, 5.41) is 4.01. The van der Waals surface area contributed by atoms with Crippen LogP contribution >= 0.6 is 0 Å². The minimum Gasteiger partial charge on any atom is -0.370 e. The minimum atomic E-state index is -0.527. The zero-order valence-electron chi connectivity index (χ0n) is 12.9. The molecule has 0 saturated carbocycles. The normalized spacial score (nSPS) is 15.6. The van der Waals surface area contributed by atoms with Gasteiger partial charge in [-0.3, -0.25) is 0 Å². The van der Waals surface area contributed by atoms with Crippen LogP contribution in [-0.4, -0.2) is 17.3 Å². The maximum atomic E-state index is 6.15. The second-order valence-corrected chi connectivity index (χ2v) is 5.38. The van der Waals surface area contributed by atoms with Crippen molar-refractivity contribution in [3.05, 3.63) is 47.6 Å². The summed E-state index contributed by atoms with van der Waals surface area (Å²) in [6, 6.07) is 9.97. The molecule has 114 valence electrons. The molecule has 5 heteroatoms. The van der Waals surface area contributed by atoms with Crippen LogP contribution in [-0.2, 0) is 16.8 Å². The molecule has 1 heterocycles. The van der Waals surface area contributed by atoms with E-state index in [0.29, 0.717) is 11.7 Å². The molecule has 5 nitrogen and oxygen atoms in total. The number of hydrogen-bond donors (Lipinski definition) is 1. The molecular weight excluding hydrogens is 266 g/mol. The molecule has 1 unspecified atom stereocenters. The lowest BCUT2D eigenvalue weighted by Crippen LogP contribution is -2.25. The van der Waals surface area contributed by atoms with Crippen molar-refractivity contribution >= 4 is 0 Å². The van der Waals surface area contributed by atoms with Crippen molar-refractivity contribution in [2.24, 2.45) is 5.73 Å². The summed E-state index contributed by atoms with van der Waals surface area (Å²) in [5.74, 6) is 1.02. The largest absolute Gasteiger partial charge is 0.370 e. The summed E-state index contributed by atoms with van der Waals surface area (Å²) in [4.78, 5) is 4.41. The van der Waals surface area contributed by atoms with Gasteiger partial charge in [-0.25, -0.2) is 0 Å². The average Bonchev–Trinajstić information content (AvgIpc) is 3.03. The van der Waals surface area contributed by atoms with Crippen LogP contribution in [0.25, 0.3) is 0 Å². The van der Waals surface area contributed by atoms with Gasteiger partial charge in [0.1, 0.15) is 5.60 Å². The predicted octanol–water partition coefficient (Wildman–Crippen LogP) is 2.97. The maximum Gasteiger partial charge on any atom is 0.243 e. The quantitative estimate of drug-likeness (QED) is 0.848. The molecule has 2 atom stereocenters. The van der Waals surface area contributed by atoms with Gasteiger partial charge in [0.05, 0.1) is 6.04 Å². The van der Waals surface area contributed by atoms with Crippen LogP contribution in [0, 0.1) is 0 Å². The Balaban J connectivity index is 2.00. The maximum absolute atomic E-state index is 6.15. The monoisotopic (exact) mass is 289 g/mol. The first-order valence-corrected chi connectivity index (χ1v) is 7.28. The van der Waals surface area contributed by atoms with Crippen LogP contribution in [0.3, 0.4) is 0 Å². The molecule has 2 N–H and O–H groups in total. The van der Waals surface area contributed by atoms with Crippen LogP contribution in [0.2, 0.25) is 0 Å². The number of nitrogens with two attached hydrogens (primary N) is 1. The van der Waals surface area contributed by atoms with E-state index < -0.39 is 5.60 Å². The number of benzene rings is 1. The van der Waals surface area contributed by atoms with Gasteiger partial charge in [0.15, 0.2) is 0 Å². The lowest BCUT2D eigenvalue weighted by atomic mass is 10.0. The molecule has 0 spiro atoms. The molecule has 0 aliphatic rings. The van der Waals surface area contributed by atoms with E-state index in [1.165, 1.54) is 5.56 Å².